The average Bonchev–Trinajstić information content (AvgIpc) is 2.42. The molecule has 0 radical (unpaired) electrons. The van der Waals surface area contributed by atoms with E-state index in [0.29, 0.717) is 11.3 Å². The van der Waals surface area contributed by atoms with Crippen LogP contribution in [-0.2, 0) is 6.61 Å². The summed E-state index contributed by atoms with van der Waals surface area (Å²) in [4.78, 5) is 11.5. The molecule has 0 atom stereocenters. The van der Waals surface area contributed by atoms with Crippen LogP contribution in [0.25, 0.3) is 0 Å². The highest BCUT2D eigenvalue weighted by Gasteiger charge is 2.12. The van der Waals surface area contributed by atoms with Gasteiger partial charge in [-0.25, -0.2) is 0 Å². The first-order valence-electron chi connectivity index (χ1n) is 6.71. The summed E-state index contributed by atoms with van der Waals surface area (Å²) in [6, 6.07) is 8.86. The van der Waals surface area contributed by atoms with Crippen molar-refractivity contribution in [2.75, 3.05) is 0 Å². The van der Waals surface area contributed by atoms with E-state index >= 15 is 0 Å². The van der Waals surface area contributed by atoms with Gasteiger partial charge < -0.3 is 15.6 Å². The number of carbonyl (C=O) groups is 1. The topological polar surface area (TPSA) is 72.5 Å². The molecular weight excluding hydrogens is 266 g/mol. The second-order valence-corrected chi connectivity index (χ2v) is 5.16. The number of phenols is 1. The van der Waals surface area contributed by atoms with E-state index in [1.165, 1.54) is 0 Å². The van der Waals surface area contributed by atoms with Crippen molar-refractivity contribution in [1.29, 1.82) is 0 Å². The molecule has 0 saturated carbocycles. The second kappa shape index (κ2) is 5.87. The fourth-order valence-electron chi connectivity index (χ4n) is 2.20. The van der Waals surface area contributed by atoms with Crippen LogP contribution in [0.2, 0.25) is 0 Å². The van der Waals surface area contributed by atoms with Crippen molar-refractivity contribution in [3.8, 4) is 11.5 Å². The van der Waals surface area contributed by atoms with Crippen LogP contribution in [0.15, 0.2) is 30.3 Å². The maximum absolute atomic E-state index is 11.5. The molecule has 2 aromatic rings. The summed E-state index contributed by atoms with van der Waals surface area (Å²) in [5.74, 6) is 0.466. The van der Waals surface area contributed by atoms with Crippen LogP contribution in [-0.4, -0.2) is 11.0 Å². The Morgan fingerprint density at radius 3 is 2.52 bits per heavy atom. The lowest BCUT2D eigenvalue weighted by molar-refractivity contribution is 0.0997. The third-order valence-electron chi connectivity index (χ3n) is 3.54. The molecule has 3 N–H and O–H groups in total. The lowest BCUT2D eigenvalue weighted by Gasteiger charge is -2.14. The van der Waals surface area contributed by atoms with E-state index in [4.69, 9.17) is 10.5 Å². The first kappa shape index (κ1) is 14.9. The van der Waals surface area contributed by atoms with Gasteiger partial charge in [-0.3, -0.25) is 4.79 Å². The number of hydrogen-bond acceptors (Lipinski definition) is 3. The van der Waals surface area contributed by atoms with E-state index in [9.17, 15) is 9.90 Å². The number of aromatic hydroxyl groups is 1. The summed E-state index contributed by atoms with van der Waals surface area (Å²) in [7, 11) is 0. The molecule has 110 valence electrons. The van der Waals surface area contributed by atoms with Crippen LogP contribution in [0, 0.1) is 20.8 Å². The van der Waals surface area contributed by atoms with Gasteiger partial charge in [-0.2, -0.15) is 0 Å². The normalized spacial score (nSPS) is 10.4. The van der Waals surface area contributed by atoms with E-state index < -0.39 is 5.91 Å². The van der Waals surface area contributed by atoms with E-state index in [1.54, 1.807) is 24.3 Å². The van der Waals surface area contributed by atoms with Gasteiger partial charge in [0, 0.05) is 11.1 Å². The molecule has 4 heteroatoms. The Bertz CT molecular complexity index is 693. The minimum absolute atomic E-state index is 0.244. The van der Waals surface area contributed by atoms with Crippen molar-refractivity contribution in [3.05, 3.63) is 58.1 Å². The molecule has 0 heterocycles. The van der Waals surface area contributed by atoms with Crippen LogP contribution in [0.1, 0.15) is 32.6 Å². The molecule has 0 aliphatic heterocycles. The number of benzene rings is 2. The molecule has 0 aliphatic rings. The highest BCUT2D eigenvalue weighted by Crippen LogP contribution is 2.28. The third-order valence-corrected chi connectivity index (χ3v) is 3.54. The summed E-state index contributed by atoms with van der Waals surface area (Å²) in [5, 5.41) is 9.65. The number of amides is 1. The van der Waals surface area contributed by atoms with Crippen molar-refractivity contribution in [2.45, 2.75) is 27.4 Å². The predicted molar refractivity (Wildman–Crippen MR) is 81.6 cm³/mol. The molecular formula is C17H19NO3. The fraction of sp³-hybridized carbons (Fsp3) is 0.235. The molecule has 21 heavy (non-hydrogen) atoms. The SMILES string of the molecule is Cc1cc(OCc2c(C)cccc2C(N)=O)c(C)cc1O. The lowest BCUT2D eigenvalue weighted by atomic mass is 10.0. The smallest absolute Gasteiger partial charge is 0.249 e. The molecule has 2 aromatic carbocycles. The van der Waals surface area contributed by atoms with E-state index in [-0.39, 0.29) is 12.4 Å². The number of hydrogen-bond donors (Lipinski definition) is 2. The van der Waals surface area contributed by atoms with Crippen molar-refractivity contribution in [1.82, 2.24) is 0 Å². The van der Waals surface area contributed by atoms with Crippen LogP contribution in [0.3, 0.4) is 0 Å². The maximum atomic E-state index is 11.5. The molecule has 0 unspecified atom stereocenters. The molecule has 0 saturated heterocycles. The van der Waals surface area contributed by atoms with Crippen LogP contribution >= 0.6 is 0 Å². The number of ether oxygens (including phenoxy) is 1. The van der Waals surface area contributed by atoms with Gasteiger partial charge in [0.05, 0.1) is 0 Å². The van der Waals surface area contributed by atoms with Gasteiger partial charge in [0.25, 0.3) is 0 Å². The van der Waals surface area contributed by atoms with Crippen molar-refractivity contribution in [2.24, 2.45) is 5.73 Å². The van der Waals surface area contributed by atoms with Crippen molar-refractivity contribution in [3.63, 3.8) is 0 Å². The molecule has 0 fully saturated rings. The predicted octanol–water partition coefficient (Wildman–Crippen LogP) is 3.00. The minimum Gasteiger partial charge on any atom is -0.508 e. The summed E-state index contributed by atoms with van der Waals surface area (Å²) in [6.45, 7) is 5.85. The molecule has 0 spiro atoms. The summed E-state index contributed by atoms with van der Waals surface area (Å²) in [6.07, 6.45) is 0. The van der Waals surface area contributed by atoms with E-state index in [0.717, 1.165) is 22.3 Å². The van der Waals surface area contributed by atoms with E-state index in [1.807, 2.05) is 26.8 Å². The minimum atomic E-state index is -0.462. The summed E-state index contributed by atoms with van der Waals surface area (Å²) in [5.41, 5.74) is 9.20. The Hall–Kier alpha value is -2.49. The van der Waals surface area contributed by atoms with Gasteiger partial charge in [0.2, 0.25) is 5.91 Å². The number of carbonyl (C=O) groups excluding carboxylic acids is 1. The van der Waals surface area contributed by atoms with Gasteiger partial charge in [-0.1, -0.05) is 12.1 Å². The Labute approximate surface area is 124 Å². The van der Waals surface area contributed by atoms with Crippen LogP contribution in [0.4, 0.5) is 0 Å². The zero-order valence-corrected chi connectivity index (χ0v) is 12.4. The number of phenolic OH excluding ortho intramolecular Hbond substituents is 1. The zero-order valence-electron chi connectivity index (χ0n) is 12.4. The Balaban J connectivity index is 2.29. The van der Waals surface area contributed by atoms with Gasteiger partial charge in [-0.05, 0) is 55.7 Å². The number of nitrogens with two attached hydrogens (primary N) is 1. The molecule has 2 rings (SSSR count). The summed E-state index contributed by atoms with van der Waals surface area (Å²) < 4.78 is 5.81. The van der Waals surface area contributed by atoms with Crippen molar-refractivity contribution < 1.29 is 14.6 Å². The molecule has 1 amide bonds. The van der Waals surface area contributed by atoms with Crippen LogP contribution in [0.5, 0.6) is 11.5 Å². The quantitative estimate of drug-likeness (QED) is 0.907. The first-order chi connectivity index (χ1) is 9.90. The van der Waals surface area contributed by atoms with Crippen LogP contribution < -0.4 is 10.5 Å². The number of aryl methyl sites for hydroxylation is 3. The second-order valence-electron chi connectivity index (χ2n) is 5.16. The Morgan fingerprint density at radius 2 is 1.86 bits per heavy atom. The molecule has 0 aromatic heterocycles. The van der Waals surface area contributed by atoms with E-state index in [2.05, 4.69) is 0 Å². The lowest BCUT2D eigenvalue weighted by Crippen LogP contribution is -2.15. The molecule has 0 bridgehead atoms. The number of primary amides is 1. The highest BCUT2D eigenvalue weighted by atomic mass is 16.5. The highest BCUT2D eigenvalue weighted by molar-refractivity contribution is 5.94. The first-order valence-corrected chi connectivity index (χ1v) is 6.71. The standard InChI is InChI=1S/C17H19NO3/c1-10-5-4-6-13(17(18)20)14(10)9-21-16-8-11(2)15(19)7-12(16)3/h4-8,19H,9H2,1-3H3,(H2,18,20). The average molecular weight is 285 g/mol. The molecule has 0 aliphatic carbocycles. The maximum Gasteiger partial charge on any atom is 0.249 e. The van der Waals surface area contributed by atoms with Gasteiger partial charge >= 0.3 is 0 Å². The molecule has 4 nitrogen and oxygen atoms in total. The number of rotatable bonds is 4. The van der Waals surface area contributed by atoms with Gasteiger partial charge in [-0.15, -0.1) is 0 Å². The zero-order chi connectivity index (χ0) is 15.6. The summed E-state index contributed by atoms with van der Waals surface area (Å²) >= 11 is 0. The van der Waals surface area contributed by atoms with Crippen molar-refractivity contribution >= 4 is 5.91 Å². The fourth-order valence-corrected chi connectivity index (χ4v) is 2.20. The van der Waals surface area contributed by atoms with Gasteiger partial charge in [0.15, 0.2) is 0 Å². The monoisotopic (exact) mass is 285 g/mol. The Morgan fingerprint density at radius 1 is 1.14 bits per heavy atom. The Kier molecular flexibility index (Phi) is 4.17. The largest absolute Gasteiger partial charge is 0.508 e. The van der Waals surface area contributed by atoms with Gasteiger partial charge in [0.1, 0.15) is 18.1 Å². The third kappa shape index (κ3) is 3.16.